The van der Waals surface area contributed by atoms with Crippen LogP contribution in [0.4, 0.5) is 0 Å². The van der Waals surface area contributed by atoms with E-state index in [0.717, 1.165) is 57.3 Å². The summed E-state index contributed by atoms with van der Waals surface area (Å²) in [4.78, 5) is 21.2. The number of carbonyl (C=O) groups excluding carboxylic acids is 1. The molecule has 2 aliphatic rings. The number of thioether (sulfide) groups is 1. The van der Waals surface area contributed by atoms with Crippen molar-refractivity contribution in [2.75, 3.05) is 45.0 Å². The van der Waals surface area contributed by atoms with Crippen molar-refractivity contribution in [2.45, 2.75) is 44.8 Å². The van der Waals surface area contributed by atoms with Gasteiger partial charge in [-0.2, -0.15) is 11.8 Å². The van der Waals surface area contributed by atoms with Gasteiger partial charge in [-0.1, -0.05) is 0 Å². The van der Waals surface area contributed by atoms with Gasteiger partial charge in [-0.05, 0) is 40.0 Å². The number of likely N-dealkylation sites (tertiary alicyclic amines) is 1. The van der Waals surface area contributed by atoms with E-state index in [-0.39, 0.29) is 41.2 Å². The molecule has 0 unspecified atom stereocenters. The zero-order valence-electron chi connectivity index (χ0n) is 14.6. The molecule has 5 nitrogen and oxygen atoms in total. The summed E-state index contributed by atoms with van der Waals surface area (Å²) in [5.74, 6) is 2.17. The van der Waals surface area contributed by atoms with Gasteiger partial charge in [-0.15, -0.1) is 24.0 Å². The van der Waals surface area contributed by atoms with Gasteiger partial charge in [-0.25, -0.2) is 4.99 Å². The number of hydrogen-bond acceptors (Lipinski definition) is 3. The Kier molecular flexibility index (Phi) is 9.03. The molecule has 0 bridgehead atoms. The average Bonchev–Trinajstić information content (AvgIpc) is 2.51. The fraction of sp³-hybridized carbons (Fsp3) is 0.875. The van der Waals surface area contributed by atoms with Gasteiger partial charge in [0.05, 0.1) is 0 Å². The highest BCUT2D eigenvalue weighted by molar-refractivity contribution is 14.0. The van der Waals surface area contributed by atoms with Crippen LogP contribution in [-0.4, -0.2) is 71.4 Å². The first kappa shape index (κ1) is 20.9. The fourth-order valence-corrected chi connectivity index (χ4v) is 4.12. The molecule has 1 amide bonds. The van der Waals surface area contributed by atoms with Crippen LogP contribution in [0.1, 0.15) is 40.0 Å². The molecule has 0 spiro atoms. The molecule has 0 aliphatic carbocycles. The lowest BCUT2D eigenvalue weighted by Gasteiger charge is -2.39. The highest BCUT2D eigenvalue weighted by Gasteiger charge is 2.28. The predicted molar refractivity (Wildman–Crippen MR) is 110 cm³/mol. The predicted octanol–water partition coefficient (Wildman–Crippen LogP) is 2.41. The van der Waals surface area contributed by atoms with Gasteiger partial charge in [0.15, 0.2) is 5.96 Å². The number of halogens is 1. The van der Waals surface area contributed by atoms with E-state index in [4.69, 9.17) is 0 Å². The molecule has 0 aromatic rings. The van der Waals surface area contributed by atoms with Crippen LogP contribution in [0.2, 0.25) is 0 Å². The van der Waals surface area contributed by atoms with Crippen molar-refractivity contribution in [1.29, 1.82) is 0 Å². The minimum Gasteiger partial charge on any atom is -0.357 e. The van der Waals surface area contributed by atoms with Crippen molar-refractivity contribution in [3.05, 3.63) is 0 Å². The zero-order chi connectivity index (χ0) is 16.0. The fourth-order valence-electron chi connectivity index (χ4n) is 3.01. The summed E-state index contributed by atoms with van der Waals surface area (Å²) in [6, 6.07) is 0. The summed E-state index contributed by atoms with van der Waals surface area (Å²) in [5.41, 5.74) is 0. The molecule has 0 radical (unpaired) electrons. The normalized spacial score (nSPS) is 21.6. The van der Waals surface area contributed by atoms with E-state index in [0.29, 0.717) is 0 Å². The number of piperidine rings is 1. The number of nitrogens with one attached hydrogen (secondary N) is 1. The second-order valence-corrected chi connectivity index (χ2v) is 8.44. The minimum absolute atomic E-state index is 0. The van der Waals surface area contributed by atoms with Crippen molar-refractivity contribution in [1.82, 2.24) is 15.1 Å². The molecular weight excluding hydrogens is 423 g/mol. The van der Waals surface area contributed by atoms with E-state index >= 15 is 0 Å². The number of nitrogens with zero attached hydrogens (tertiary/aromatic N) is 3. The van der Waals surface area contributed by atoms with Crippen molar-refractivity contribution in [2.24, 2.45) is 4.99 Å². The maximum atomic E-state index is 12.3. The third-order valence-corrected chi connectivity index (χ3v) is 5.43. The lowest BCUT2D eigenvalue weighted by atomic mass is 10.1. The van der Waals surface area contributed by atoms with Crippen LogP contribution in [0.3, 0.4) is 0 Å². The molecule has 134 valence electrons. The summed E-state index contributed by atoms with van der Waals surface area (Å²) >= 11 is 2.01. The molecule has 2 fully saturated rings. The molecule has 2 rings (SSSR count). The molecule has 0 aromatic heterocycles. The third kappa shape index (κ3) is 6.68. The van der Waals surface area contributed by atoms with E-state index in [9.17, 15) is 4.79 Å². The first-order valence-corrected chi connectivity index (χ1v) is 9.45. The van der Waals surface area contributed by atoms with Crippen LogP contribution in [-0.2, 0) is 4.79 Å². The van der Waals surface area contributed by atoms with Gasteiger partial charge in [0, 0.05) is 43.2 Å². The molecule has 0 atom stereocenters. The Balaban J connectivity index is 0.00000264. The van der Waals surface area contributed by atoms with E-state index in [1.807, 2.05) is 16.7 Å². The Labute approximate surface area is 162 Å². The summed E-state index contributed by atoms with van der Waals surface area (Å²) in [6.45, 7) is 11.5. The second kappa shape index (κ2) is 9.96. The molecule has 2 saturated heterocycles. The van der Waals surface area contributed by atoms with E-state index in [2.05, 4.69) is 36.0 Å². The van der Waals surface area contributed by atoms with Gasteiger partial charge in [0.25, 0.3) is 0 Å². The number of amides is 1. The molecule has 1 N–H and O–H groups in total. The van der Waals surface area contributed by atoms with Crippen LogP contribution in [0, 0.1) is 0 Å². The monoisotopic (exact) mass is 454 g/mol. The topological polar surface area (TPSA) is 47.9 Å². The zero-order valence-corrected chi connectivity index (χ0v) is 17.8. The van der Waals surface area contributed by atoms with Crippen molar-refractivity contribution < 1.29 is 4.79 Å². The van der Waals surface area contributed by atoms with E-state index in [1.165, 1.54) is 6.42 Å². The lowest BCUT2D eigenvalue weighted by Crippen LogP contribution is -2.51. The van der Waals surface area contributed by atoms with Crippen LogP contribution < -0.4 is 5.32 Å². The summed E-state index contributed by atoms with van der Waals surface area (Å²) < 4.78 is 0.241. The summed E-state index contributed by atoms with van der Waals surface area (Å²) in [5, 5.41) is 3.34. The molecule has 23 heavy (non-hydrogen) atoms. The molecule has 2 heterocycles. The number of guanidine groups is 1. The molecular formula is C16H31IN4OS. The molecule has 0 aromatic carbocycles. The molecule has 0 saturated carbocycles. The molecule has 2 aliphatic heterocycles. The number of carbonyl (C=O) groups is 1. The first-order valence-electron chi connectivity index (χ1n) is 8.47. The smallest absolute Gasteiger partial charge is 0.244 e. The third-order valence-electron chi connectivity index (χ3n) is 4.13. The van der Waals surface area contributed by atoms with Gasteiger partial charge >= 0.3 is 0 Å². The maximum Gasteiger partial charge on any atom is 0.244 e. The van der Waals surface area contributed by atoms with Gasteiger partial charge < -0.3 is 15.1 Å². The van der Waals surface area contributed by atoms with Gasteiger partial charge in [0.2, 0.25) is 5.91 Å². The highest BCUT2D eigenvalue weighted by Crippen LogP contribution is 2.29. The second-order valence-electron chi connectivity index (χ2n) is 6.64. The summed E-state index contributed by atoms with van der Waals surface area (Å²) in [6.07, 6.45) is 3.51. The average molecular weight is 454 g/mol. The van der Waals surface area contributed by atoms with E-state index < -0.39 is 0 Å². The van der Waals surface area contributed by atoms with Gasteiger partial charge in [-0.3, -0.25) is 4.79 Å². The number of rotatable bonds is 3. The Morgan fingerprint density at radius 3 is 2.48 bits per heavy atom. The Hall–Kier alpha value is -0.180. The number of aliphatic imine (C=N–C) groups is 1. The Morgan fingerprint density at radius 1 is 1.17 bits per heavy atom. The SMILES string of the molecule is CCNC(=NCC(=O)N1CCCCC1)N1CCSC(C)(C)C1.I. The van der Waals surface area contributed by atoms with Gasteiger partial charge in [0.1, 0.15) is 6.54 Å². The Morgan fingerprint density at radius 2 is 1.87 bits per heavy atom. The standard InChI is InChI=1S/C16H30N4OS.HI/c1-4-17-15(20-10-11-22-16(2,3)13-20)18-12-14(21)19-8-6-5-7-9-19;/h4-13H2,1-3H3,(H,17,18);1H. The van der Waals surface area contributed by atoms with Crippen LogP contribution in [0.15, 0.2) is 4.99 Å². The Bertz CT molecular complexity index is 411. The van der Waals surface area contributed by atoms with Crippen LogP contribution in [0.25, 0.3) is 0 Å². The van der Waals surface area contributed by atoms with Crippen LogP contribution >= 0.6 is 35.7 Å². The van der Waals surface area contributed by atoms with E-state index in [1.54, 1.807) is 0 Å². The highest BCUT2D eigenvalue weighted by atomic mass is 127. The molecule has 7 heteroatoms. The first-order chi connectivity index (χ1) is 10.5. The minimum atomic E-state index is 0. The van der Waals surface area contributed by atoms with Crippen molar-refractivity contribution >= 4 is 47.6 Å². The maximum absolute atomic E-state index is 12.3. The van der Waals surface area contributed by atoms with Crippen molar-refractivity contribution in [3.63, 3.8) is 0 Å². The lowest BCUT2D eigenvalue weighted by molar-refractivity contribution is -0.130. The van der Waals surface area contributed by atoms with Crippen LogP contribution in [0.5, 0.6) is 0 Å². The van der Waals surface area contributed by atoms with Crippen molar-refractivity contribution in [3.8, 4) is 0 Å². The quantitative estimate of drug-likeness (QED) is 0.404. The largest absolute Gasteiger partial charge is 0.357 e. The summed E-state index contributed by atoms with van der Waals surface area (Å²) in [7, 11) is 0. The number of hydrogen-bond donors (Lipinski definition) is 1.